The van der Waals surface area contributed by atoms with Crippen LogP contribution in [0.3, 0.4) is 0 Å². The molecule has 528 valence electrons. The molecule has 1 heterocycles. The SMILES string of the molecule is CCCCCCCCCCCCCCCCCCCCCCCCCCCCC=CC1=C(c2cccc(CCCCCCCC)c2)[N+](=[N-])C(c2ccc(CCCCCCCCCCCCCCCC)cc2)=C1.[CH2-]CCCCCCCC.[CH2-]CCCCCCCC.[Ni+2]. The van der Waals surface area contributed by atoms with E-state index in [2.05, 4.69) is 115 Å². The van der Waals surface area contributed by atoms with Gasteiger partial charge in [-0.2, -0.15) is 12.8 Å². The first-order chi connectivity index (χ1) is 44.5. The minimum atomic E-state index is 0. The Morgan fingerprint density at radius 1 is 0.319 bits per heavy atom. The first kappa shape index (κ1) is 88.8. The van der Waals surface area contributed by atoms with Gasteiger partial charge in [-0.25, -0.2) is 4.70 Å². The van der Waals surface area contributed by atoms with E-state index in [0.717, 1.165) is 60.2 Å². The first-order valence-corrected chi connectivity index (χ1v) is 40.9. The van der Waals surface area contributed by atoms with Gasteiger partial charge in [0, 0.05) is 17.2 Å². The minimum absolute atomic E-state index is 0. The van der Waals surface area contributed by atoms with Crippen LogP contribution in [0.1, 0.15) is 449 Å². The fourth-order valence-electron chi connectivity index (χ4n) is 13.2. The molecule has 0 N–H and O–H groups in total. The molecule has 0 fully saturated rings. The average molecular weight is 1300 g/mol. The molecule has 1 aliphatic heterocycles. The molecule has 3 rings (SSSR count). The van der Waals surface area contributed by atoms with Gasteiger partial charge in [0.2, 0.25) is 11.4 Å². The number of allylic oxidation sites excluding steroid dienone is 4. The Morgan fingerprint density at radius 3 is 0.923 bits per heavy atom. The summed E-state index contributed by atoms with van der Waals surface area (Å²) < 4.78 is 1.48. The van der Waals surface area contributed by atoms with Crippen LogP contribution in [0.5, 0.6) is 0 Å². The standard InChI is InChI=1S/C70H118N2.2C9H19.Ni/c1-4-7-10-13-16-18-20-22-24-25-26-27-28-29-30-31-32-33-34-35-36-37-39-41-43-45-48-51-56-68-63-69(72(71)70(68)67-57-52-55-65(62-67)54-50-46-15-12-9-6-3)66-60-58-64(59-61-66)53-49-47-44-42-40-38-23-21-19-17-14-11-8-5-2;2*1-3-5-7-9-8-6-4-2;/h51-52,55-63H,4-50,53-54H2,1-3H3;2*1,3-9H2,2H3;/q;2*-1;+2. The third kappa shape index (κ3) is 55.6. The number of aryl methyl sites for hydroxylation is 2. The molecule has 0 saturated heterocycles. The largest absolute Gasteiger partial charge is 2.00 e. The maximum Gasteiger partial charge on any atom is 2.00 e. The molecule has 0 aromatic heterocycles. The predicted octanol–water partition coefficient (Wildman–Crippen LogP) is 31.7. The molecule has 0 spiro atoms. The molecule has 3 heteroatoms. The van der Waals surface area contributed by atoms with Crippen LogP contribution in [0.4, 0.5) is 0 Å². The topological polar surface area (TPSA) is 25.3 Å². The second-order valence-corrected chi connectivity index (χ2v) is 28.2. The number of nitrogens with zero attached hydrogens (tertiary/aromatic N) is 2. The summed E-state index contributed by atoms with van der Waals surface area (Å²) >= 11 is 0. The summed E-state index contributed by atoms with van der Waals surface area (Å²) in [7, 11) is 0. The Hall–Kier alpha value is -2.25. The van der Waals surface area contributed by atoms with Crippen LogP contribution >= 0.6 is 0 Å². The van der Waals surface area contributed by atoms with E-state index in [1.165, 1.54) is 388 Å². The van der Waals surface area contributed by atoms with Gasteiger partial charge in [0.1, 0.15) is 0 Å². The summed E-state index contributed by atoms with van der Waals surface area (Å²) in [6, 6.07) is 18.0. The van der Waals surface area contributed by atoms with Crippen molar-refractivity contribution in [3.8, 4) is 0 Å². The smallest absolute Gasteiger partial charge is 0.493 e. The molecular weight excluding hydrogens is 1140 g/mol. The number of unbranched alkanes of at least 4 members (excludes halogenated alkanes) is 56. The van der Waals surface area contributed by atoms with Gasteiger partial charge in [-0.1, -0.05) is 424 Å². The molecule has 2 aromatic carbocycles. The quantitative estimate of drug-likeness (QED) is 0.0273. The van der Waals surface area contributed by atoms with Gasteiger partial charge in [0.05, 0.1) is 5.57 Å². The van der Waals surface area contributed by atoms with Crippen molar-refractivity contribution >= 4 is 11.4 Å². The van der Waals surface area contributed by atoms with E-state index in [1.807, 2.05) is 0 Å². The molecular formula is C88H156N2Ni. The fraction of sp³-hybridized carbons (Fsp3) is 0.773. The molecule has 0 atom stereocenters. The third-order valence-corrected chi connectivity index (χ3v) is 19.3. The van der Waals surface area contributed by atoms with Crippen LogP contribution in [-0.2, 0) is 29.3 Å². The zero-order chi connectivity index (χ0) is 64.9. The van der Waals surface area contributed by atoms with Crippen LogP contribution in [0.15, 0.2) is 72.3 Å². The van der Waals surface area contributed by atoms with Gasteiger partial charge in [-0.15, -0.1) is 0 Å². The molecule has 0 saturated carbocycles. The van der Waals surface area contributed by atoms with Crippen LogP contribution in [0.25, 0.3) is 16.9 Å². The maximum atomic E-state index is 11.9. The average Bonchev–Trinajstić information content (AvgIpc) is 1.66. The van der Waals surface area contributed by atoms with Gasteiger partial charge < -0.3 is 19.4 Å². The normalized spacial score (nSPS) is 12.2. The van der Waals surface area contributed by atoms with Crippen LogP contribution in [-0.4, -0.2) is 4.70 Å². The van der Waals surface area contributed by atoms with Crippen LogP contribution < -0.4 is 0 Å². The van der Waals surface area contributed by atoms with Gasteiger partial charge in [-0.3, -0.25) is 0 Å². The molecule has 91 heavy (non-hydrogen) atoms. The Morgan fingerprint density at radius 2 is 0.604 bits per heavy atom. The van der Waals surface area contributed by atoms with E-state index >= 15 is 0 Å². The summed E-state index contributed by atoms with van der Waals surface area (Å²) in [4.78, 5) is 0. The fourth-order valence-corrected chi connectivity index (χ4v) is 13.2. The summed E-state index contributed by atoms with van der Waals surface area (Å²) in [6.07, 6.45) is 93.8. The minimum Gasteiger partial charge on any atom is -0.493 e. The van der Waals surface area contributed by atoms with E-state index in [0.29, 0.717) is 0 Å². The van der Waals surface area contributed by atoms with E-state index in [1.54, 1.807) is 0 Å². The molecule has 1 aliphatic rings. The first-order valence-electron chi connectivity index (χ1n) is 40.9. The van der Waals surface area contributed by atoms with Gasteiger partial charge in [0.25, 0.3) is 0 Å². The van der Waals surface area contributed by atoms with Crippen LogP contribution in [0.2, 0.25) is 0 Å². The van der Waals surface area contributed by atoms with Gasteiger partial charge >= 0.3 is 16.5 Å². The zero-order valence-corrected chi connectivity index (χ0v) is 63.0. The zero-order valence-electron chi connectivity index (χ0n) is 62.0. The van der Waals surface area contributed by atoms with Crippen molar-refractivity contribution in [3.05, 3.63) is 114 Å². The van der Waals surface area contributed by atoms with Crippen molar-refractivity contribution in [1.29, 1.82) is 0 Å². The van der Waals surface area contributed by atoms with E-state index in [4.69, 9.17) is 0 Å². The van der Waals surface area contributed by atoms with Crippen molar-refractivity contribution in [2.75, 3.05) is 0 Å². The summed E-state index contributed by atoms with van der Waals surface area (Å²) in [5.74, 6) is 0. The van der Waals surface area contributed by atoms with Gasteiger partial charge in [-0.05, 0) is 73.9 Å². The van der Waals surface area contributed by atoms with Crippen LogP contribution in [0, 0.1) is 13.8 Å². The molecule has 0 radical (unpaired) electrons. The van der Waals surface area contributed by atoms with Gasteiger partial charge in [0.15, 0.2) is 0 Å². The van der Waals surface area contributed by atoms with E-state index in [-0.39, 0.29) is 16.5 Å². The molecule has 0 bridgehead atoms. The third-order valence-electron chi connectivity index (χ3n) is 19.3. The van der Waals surface area contributed by atoms with Crippen molar-refractivity contribution in [2.24, 2.45) is 0 Å². The molecule has 0 aliphatic carbocycles. The Labute approximate surface area is 582 Å². The van der Waals surface area contributed by atoms with E-state index < -0.39 is 0 Å². The second kappa shape index (κ2) is 72.0. The number of benzene rings is 2. The predicted molar refractivity (Wildman–Crippen MR) is 409 cm³/mol. The Kier molecular flexibility index (Phi) is 70.3. The molecule has 2 aromatic rings. The Balaban J connectivity index is 0.00000368. The van der Waals surface area contributed by atoms with Crippen molar-refractivity contribution in [3.63, 3.8) is 0 Å². The Bertz CT molecular complexity index is 1860. The molecule has 2 nitrogen and oxygen atoms in total. The summed E-state index contributed by atoms with van der Waals surface area (Å²) in [6.45, 7) is 19.0. The number of hydrogen-bond donors (Lipinski definition) is 0. The second-order valence-electron chi connectivity index (χ2n) is 28.2. The van der Waals surface area contributed by atoms with E-state index in [9.17, 15) is 5.53 Å². The molecule has 0 amide bonds. The summed E-state index contributed by atoms with van der Waals surface area (Å²) in [5.41, 5.74) is 19.8. The van der Waals surface area contributed by atoms with Crippen molar-refractivity contribution in [1.82, 2.24) is 0 Å². The van der Waals surface area contributed by atoms with Crippen molar-refractivity contribution < 1.29 is 21.2 Å². The molecule has 0 unspecified atom stereocenters. The number of hydrogen-bond acceptors (Lipinski definition) is 0. The number of rotatable bonds is 64. The van der Waals surface area contributed by atoms with Crippen molar-refractivity contribution in [2.45, 2.75) is 439 Å². The monoisotopic (exact) mass is 1300 g/mol. The maximum absolute atomic E-state index is 11.9. The summed E-state index contributed by atoms with van der Waals surface area (Å²) in [5, 5.41) is 0.